The van der Waals surface area contributed by atoms with Gasteiger partial charge in [0.05, 0.1) is 5.60 Å². The largest absolute Gasteiger partial charge is 0.475 e. The normalized spacial score (nSPS) is 22.2. The zero-order valence-corrected chi connectivity index (χ0v) is 12.2. The highest BCUT2D eigenvalue weighted by molar-refractivity contribution is 5.16. The van der Waals surface area contributed by atoms with Crippen LogP contribution in [-0.2, 0) is 11.2 Å². The fourth-order valence-electron chi connectivity index (χ4n) is 2.19. The number of nitrogens with zero attached hydrogens (tertiary/aromatic N) is 2. The molecular formula is C14H23N3O2. The Balaban J connectivity index is 1.93. The van der Waals surface area contributed by atoms with E-state index < -0.39 is 0 Å². The van der Waals surface area contributed by atoms with Crippen LogP contribution in [-0.4, -0.2) is 41.4 Å². The van der Waals surface area contributed by atoms with Crippen molar-refractivity contribution in [1.29, 1.82) is 0 Å². The van der Waals surface area contributed by atoms with E-state index in [1.807, 2.05) is 13.0 Å². The van der Waals surface area contributed by atoms with Crippen LogP contribution in [0.4, 0.5) is 0 Å². The number of nitrogens with one attached hydrogen (secondary N) is 1. The van der Waals surface area contributed by atoms with Crippen LogP contribution < -0.4 is 10.1 Å². The van der Waals surface area contributed by atoms with Crippen LogP contribution in [0.15, 0.2) is 6.07 Å². The standard InChI is InChI=1S/C14H23N3O2/c1-5-11-6-13(17-10(2)16-11)18-8-12-7-15-9-14(3,4)19-12/h6,12,15H,5,7-9H2,1-4H3. The molecule has 2 rings (SSSR count). The van der Waals surface area contributed by atoms with Crippen molar-refractivity contribution in [1.82, 2.24) is 15.3 Å². The number of aromatic nitrogens is 2. The molecule has 5 heteroatoms. The van der Waals surface area contributed by atoms with Crippen molar-refractivity contribution in [2.75, 3.05) is 19.7 Å². The smallest absolute Gasteiger partial charge is 0.216 e. The lowest BCUT2D eigenvalue weighted by molar-refractivity contribution is -0.107. The van der Waals surface area contributed by atoms with Gasteiger partial charge in [-0.05, 0) is 27.2 Å². The van der Waals surface area contributed by atoms with Crippen LogP contribution in [0, 0.1) is 6.92 Å². The summed E-state index contributed by atoms with van der Waals surface area (Å²) in [4.78, 5) is 8.63. The van der Waals surface area contributed by atoms with Crippen LogP contribution in [0.3, 0.4) is 0 Å². The molecule has 0 aromatic carbocycles. The highest BCUT2D eigenvalue weighted by atomic mass is 16.6. The Bertz CT molecular complexity index is 435. The van der Waals surface area contributed by atoms with Gasteiger partial charge in [-0.2, -0.15) is 4.98 Å². The zero-order valence-electron chi connectivity index (χ0n) is 12.2. The molecule has 1 N–H and O–H groups in total. The molecular weight excluding hydrogens is 242 g/mol. The molecule has 0 amide bonds. The molecule has 0 aliphatic carbocycles. The van der Waals surface area contributed by atoms with Gasteiger partial charge < -0.3 is 14.8 Å². The van der Waals surface area contributed by atoms with E-state index in [0.29, 0.717) is 12.5 Å². The molecule has 19 heavy (non-hydrogen) atoms. The quantitative estimate of drug-likeness (QED) is 0.894. The molecule has 1 aliphatic heterocycles. The fourth-order valence-corrected chi connectivity index (χ4v) is 2.19. The summed E-state index contributed by atoms with van der Waals surface area (Å²) >= 11 is 0. The highest BCUT2D eigenvalue weighted by Crippen LogP contribution is 2.16. The number of morpholine rings is 1. The Labute approximate surface area is 114 Å². The first-order chi connectivity index (χ1) is 8.98. The Morgan fingerprint density at radius 2 is 2.26 bits per heavy atom. The first-order valence-corrected chi connectivity index (χ1v) is 6.84. The van der Waals surface area contributed by atoms with Gasteiger partial charge in [0.25, 0.3) is 0 Å². The van der Waals surface area contributed by atoms with Crippen LogP contribution in [0.25, 0.3) is 0 Å². The molecule has 5 nitrogen and oxygen atoms in total. The number of hydrogen-bond acceptors (Lipinski definition) is 5. The van der Waals surface area contributed by atoms with Crippen molar-refractivity contribution in [2.45, 2.75) is 45.8 Å². The third-order valence-electron chi connectivity index (χ3n) is 3.06. The third kappa shape index (κ3) is 4.14. The van der Waals surface area contributed by atoms with Gasteiger partial charge in [-0.25, -0.2) is 4.98 Å². The Kier molecular flexibility index (Phi) is 4.37. The van der Waals surface area contributed by atoms with E-state index in [-0.39, 0.29) is 11.7 Å². The van der Waals surface area contributed by atoms with Crippen molar-refractivity contribution in [3.05, 3.63) is 17.6 Å². The molecule has 2 heterocycles. The molecule has 0 spiro atoms. The Morgan fingerprint density at radius 1 is 1.47 bits per heavy atom. The first kappa shape index (κ1) is 14.2. The number of hydrogen-bond donors (Lipinski definition) is 1. The number of rotatable bonds is 4. The molecule has 1 atom stereocenters. The van der Waals surface area contributed by atoms with Crippen molar-refractivity contribution in [3.63, 3.8) is 0 Å². The third-order valence-corrected chi connectivity index (χ3v) is 3.06. The fraction of sp³-hybridized carbons (Fsp3) is 0.714. The maximum Gasteiger partial charge on any atom is 0.216 e. The molecule has 0 bridgehead atoms. The van der Waals surface area contributed by atoms with E-state index in [1.54, 1.807) is 0 Å². The van der Waals surface area contributed by atoms with Crippen LogP contribution in [0.2, 0.25) is 0 Å². The Morgan fingerprint density at radius 3 is 2.95 bits per heavy atom. The second kappa shape index (κ2) is 5.84. The van der Waals surface area contributed by atoms with E-state index in [1.165, 1.54) is 0 Å². The summed E-state index contributed by atoms with van der Waals surface area (Å²) in [6.45, 7) is 10.3. The predicted molar refractivity (Wildman–Crippen MR) is 73.5 cm³/mol. The molecule has 1 aromatic heterocycles. The van der Waals surface area contributed by atoms with E-state index in [4.69, 9.17) is 9.47 Å². The summed E-state index contributed by atoms with van der Waals surface area (Å²) < 4.78 is 11.7. The summed E-state index contributed by atoms with van der Waals surface area (Å²) in [5.74, 6) is 1.38. The van der Waals surface area contributed by atoms with Gasteiger partial charge in [0.1, 0.15) is 18.5 Å². The molecule has 1 aliphatic rings. The minimum Gasteiger partial charge on any atom is -0.475 e. The molecule has 1 unspecified atom stereocenters. The van der Waals surface area contributed by atoms with E-state index in [0.717, 1.165) is 31.0 Å². The van der Waals surface area contributed by atoms with E-state index >= 15 is 0 Å². The maximum absolute atomic E-state index is 5.95. The van der Waals surface area contributed by atoms with Gasteiger partial charge in [-0.1, -0.05) is 6.92 Å². The Hall–Kier alpha value is -1.20. The molecule has 1 fully saturated rings. The van der Waals surface area contributed by atoms with Crippen molar-refractivity contribution >= 4 is 0 Å². The lowest BCUT2D eigenvalue weighted by Crippen LogP contribution is -2.52. The minimum absolute atomic E-state index is 0.0593. The summed E-state index contributed by atoms with van der Waals surface area (Å²) in [6, 6.07) is 1.90. The van der Waals surface area contributed by atoms with Gasteiger partial charge >= 0.3 is 0 Å². The average molecular weight is 265 g/mol. The lowest BCUT2D eigenvalue weighted by Gasteiger charge is -2.36. The van der Waals surface area contributed by atoms with Crippen LogP contribution in [0.5, 0.6) is 5.88 Å². The van der Waals surface area contributed by atoms with E-state index in [9.17, 15) is 0 Å². The van der Waals surface area contributed by atoms with Crippen molar-refractivity contribution in [3.8, 4) is 5.88 Å². The average Bonchev–Trinajstić information content (AvgIpc) is 2.34. The van der Waals surface area contributed by atoms with Gasteiger partial charge in [0.2, 0.25) is 5.88 Å². The van der Waals surface area contributed by atoms with Gasteiger partial charge in [0.15, 0.2) is 0 Å². The number of aryl methyl sites for hydroxylation is 2. The van der Waals surface area contributed by atoms with Crippen molar-refractivity contribution < 1.29 is 9.47 Å². The van der Waals surface area contributed by atoms with Gasteiger partial charge in [-0.15, -0.1) is 0 Å². The predicted octanol–water partition coefficient (Wildman–Crippen LogP) is 1.49. The molecule has 1 aromatic rings. The monoisotopic (exact) mass is 265 g/mol. The summed E-state index contributed by atoms with van der Waals surface area (Å²) in [7, 11) is 0. The second-order valence-corrected chi connectivity index (χ2v) is 5.54. The van der Waals surface area contributed by atoms with Gasteiger partial charge in [0, 0.05) is 24.8 Å². The SMILES string of the molecule is CCc1cc(OCC2CNCC(C)(C)O2)nc(C)n1. The second-order valence-electron chi connectivity index (χ2n) is 5.54. The minimum atomic E-state index is -0.136. The number of ether oxygens (including phenoxy) is 2. The molecule has 0 radical (unpaired) electrons. The topological polar surface area (TPSA) is 56.3 Å². The summed E-state index contributed by atoms with van der Waals surface area (Å²) in [6.07, 6.45) is 0.943. The van der Waals surface area contributed by atoms with E-state index in [2.05, 4.69) is 36.1 Å². The molecule has 106 valence electrons. The molecule has 0 saturated carbocycles. The summed E-state index contributed by atoms with van der Waals surface area (Å²) in [5.41, 5.74) is 0.869. The van der Waals surface area contributed by atoms with Crippen molar-refractivity contribution in [2.24, 2.45) is 0 Å². The summed E-state index contributed by atoms with van der Waals surface area (Å²) in [5, 5.41) is 3.36. The van der Waals surface area contributed by atoms with Gasteiger partial charge in [-0.3, -0.25) is 0 Å². The first-order valence-electron chi connectivity index (χ1n) is 6.84. The van der Waals surface area contributed by atoms with Crippen LogP contribution >= 0.6 is 0 Å². The maximum atomic E-state index is 5.95. The molecule has 1 saturated heterocycles. The lowest BCUT2D eigenvalue weighted by atomic mass is 10.1. The zero-order chi connectivity index (χ0) is 13.9. The highest BCUT2D eigenvalue weighted by Gasteiger charge is 2.28. The van der Waals surface area contributed by atoms with Crippen LogP contribution in [0.1, 0.15) is 32.3 Å².